The summed E-state index contributed by atoms with van der Waals surface area (Å²) >= 11 is 0. The molecule has 0 amide bonds. The standard InChI is InChI=1S/C25H30N4O/c1-2-18(1)16-28-10-12-29(13-11-28)24-7-9-26-25-22(24)15-23(27-25)20-5-3-19(4-6-20)21-8-14-30-17-21/h3-7,9,15,18,21H,1-2,8,10-14,16-17H2,(H,26,27). The van der Waals surface area contributed by atoms with Crippen molar-refractivity contribution < 1.29 is 4.74 Å². The van der Waals surface area contributed by atoms with Gasteiger partial charge in [-0.3, -0.25) is 4.90 Å². The van der Waals surface area contributed by atoms with Gasteiger partial charge in [-0.2, -0.15) is 0 Å². The maximum atomic E-state index is 5.54. The average molecular weight is 403 g/mol. The Balaban J connectivity index is 1.22. The van der Waals surface area contributed by atoms with E-state index in [4.69, 9.17) is 4.74 Å². The van der Waals surface area contributed by atoms with Gasteiger partial charge in [0.15, 0.2) is 0 Å². The van der Waals surface area contributed by atoms with Crippen LogP contribution in [0.1, 0.15) is 30.7 Å². The number of benzene rings is 1. The molecule has 1 aliphatic carbocycles. The number of piperazine rings is 1. The molecule has 30 heavy (non-hydrogen) atoms. The zero-order valence-electron chi connectivity index (χ0n) is 17.5. The number of nitrogens with zero attached hydrogens (tertiary/aromatic N) is 3. The first-order valence-corrected chi connectivity index (χ1v) is 11.5. The number of ether oxygens (including phenoxy) is 1. The van der Waals surface area contributed by atoms with Crippen molar-refractivity contribution >= 4 is 16.7 Å². The molecule has 2 aromatic heterocycles. The third kappa shape index (κ3) is 3.61. The average Bonchev–Trinajstić information content (AvgIpc) is 3.27. The van der Waals surface area contributed by atoms with E-state index in [0.717, 1.165) is 50.0 Å². The first kappa shape index (κ1) is 18.4. The molecule has 5 heteroatoms. The molecular weight excluding hydrogens is 372 g/mol. The fourth-order valence-corrected chi connectivity index (χ4v) is 5.01. The third-order valence-corrected chi connectivity index (χ3v) is 7.06. The van der Waals surface area contributed by atoms with Crippen molar-refractivity contribution in [1.82, 2.24) is 14.9 Å². The number of hydrogen-bond donors (Lipinski definition) is 1. The van der Waals surface area contributed by atoms with Gasteiger partial charge in [0.2, 0.25) is 0 Å². The van der Waals surface area contributed by atoms with Gasteiger partial charge in [0.05, 0.1) is 6.61 Å². The Hall–Kier alpha value is -2.37. The van der Waals surface area contributed by atoms with Crippen molar-refractivity contribution in [3.05, 3.63) is 48.2 Å². The Morgan fingerprint density at radius 2 is 1.83 bits per heavy atom. The molecule has 1 unspecified atom stereocenters. The predicted molar refractivity (Wildman–Crippen MR) is 121 cm³/mol. The lowest BCUT2D eigenvalue weighted by molar-refractivity contribution is 0.194. The normalized spacial score (nSPS) is 22.8. The van der Waals surface area contributed by atoms with Gasteiger partial charge in [0.1, 0.15) is 5.65 Å². The van der Waals surface area contributed by atoms with Crippen LogP contribution in [0, 0.1) is 5.92 Å². The topological polar surface area (TPSA) is 44.4 Å². The van der Waals surface area contributed by atoms with E-state index >= 15 is 0 Å². The maximum Gasteiger partial charge on any atom is 0.139 e. The van der Waals surface area contributed by atoms with E-state index < -0.39 is 0 Å². The Morgan fingerprint density at radius 3 is 2.57 bits per heavy atom. The SMILES string of the molecule is c1cc(N2CCN(CC3CC3)CC2)c2cc(-c3ccc(C4CCOC4)cc3)[nH]c2n1. The fourth-order valence-electron chi connectivity index (χ4n) is 5.01. The number of anilines is 1. The zero-order chi connectivity index (χ0) is 19.9. The molecule has 3 aliphatic rings. The number of hydrogen-bond acceptors (Lipinski definition) is 4. The summed E-state index contributed by atoms with van der Waals surface area (Å²) in [5.74, 6) is 1.53. The first-order chi connectivity index (χ1) is 14.8. The molecule has 156 valence electrons. The Bertz CT molecular complexity index is 1010. The van der Waals surface area contributed by atoms with Crippen LogP contribution in [0.3, 0.4) is 0 Å². The van der Waals surface area contributed by atoms with Crippen molar-refractivity contribution in [2.75, 3.05) is 50.8 Å². The monoisotopic (exact) mass is 402 g/mol. The van der Waals surface area contributed by atoms with E-state index in [2.05, 4.69) is 56.2 Å². The number of rotatable bonds is 5. The summed E-state index contributed by atoms with van der Waals surface area (Å²) in [7, 11) is 0. The molecule has 3 aromatic rings. The molecule has 0 radical (unpaired) electrons. The Kier molecular flexibility index (Phi) is 4.73. The van der Waals surface area contributed by atoms with Gasteiger partial charge in [0, 0.05) is 68.2 Å². The second-order valence-corrected chi connectivity index (χ2v) is 9.19. The molecular formula is C25H30N4O. The van der Waals surface area contributed by atoms with Crippen LogP contribution in [0.25, 0.3) is 22.3 Å². The molecule has 1 saturated carbocycles. The quantitative estimate of drug-likeness (QED) is 0.692. The van der Waals surface area contributed by atoms with Crippen molar-refractivity contribution in [3.8, 4) is 11.3 Å². The van der Waals surface area contributed by atoms with Gasteiger partial charge in [-0.25, -0.2) is 4.98 Å². The van der Waals surface area contributed by atoms with Gasteiger partial charge >= 0.3 is 0 Å². The van der Waals surface area contributed by atoms with Crippen LogP contribution in [-0.4, -0.2) is 60.8 Å². The first-order valence-electron chi connectivity index (χ1n) is 11.5. The summed E-state index contributed by atoms with van der Waals surface area (Å²) in [5.41, 5.74) is 6.04. The molecule has 1 aromatic carbocycles. The second kappa shape index (κ2) is 7.71. The predicted octanol–water partition coefficient (Wildman–Crippen LogP) is 4.27. The minimum atomic E-state index is 0.550. The number of H-pyrrole nitrogens is 1. The van der Waals surface area contributed by atoms with Crippen molar-refractivity contribution in [3.63, 3.8) is 0 Å². The van der Waals surface area contributed by atoms with Crippen LogP contribution in [0.15, 0.2) is 42.6 Å². The molecule has 1 atom stereocenters. The summed E-state index contributed by atoms with van der Waals surface area (Å²) in [6, 6.07) is 13.4. The smallest absolute Gasteiger partial charge is 0.139 e. The van der Waals surface area contributed by atoms with Gasteiger partial charge in [0.25, 0.3) is 0 Å². The molecule has 1 N–H and O–H groups in total. The molecule has 2 aliphatic heterocycles. The van der Waals surface area contributed by atoms with Crippen molar-refractivity contribution in [2.45, 2.75) is 25.2 Å². The number of aromatic nitrogens is 2. The summed E-state index contributed by atoms with van der Waals surface area (Å²) in [4.78, 5) is 13.3. The highest BCUT2D eigenvalue weighted by Crippen LogP contribution is 2.33. The Morgan fingerprint density at radius 1 is 1.00 bits per heavy atom. The highest BCUT2D eigenvalue weighted by molar-refractivity contribution is 5.93. The van der Waals surface area contributed by atoms with Crippen molar-refractivity contribution in [1.29, 1.82) is 0 Å². The summed E-state index contributed by atoms with van der Waals surface area (Å²) < 4.78 is 5.54. The Labute approximate surface area is 178 Å². The highest BCUT2D eigenvalue weighted by Gasteiger charge is 2.27. The fraction of sp³-hybridized carbons (Fsp3) is 0.480. The van der Waals surface area contributed by atoms with Gasteiger partial charge in [-0.1, -0.05) is 24.3 Å². The molecule has 0 bridgehead atoms. The lowest BCUT2D eigenvalue weighted by atomic mass is 9.97. The van der Waals surface area contributed by atoms with E-state index in [9.17, 15) is 0 Å². The molecule has 6 rings (SSSR count). The van der Waals surface area contributed by atoms with Crippen LogP contribution in [0.5, 0.6) is 0 Å². The lowest BCUT2D eigenvalue weighted by Gasteiger charge is -2.36. The number of fused-ring (bicyclic) bond motifs is 1. The summed E-state index contributed by atoms with van der Waals surface area (Å²) in [6.45, 7) is 7.59. The van der Waals surface area contributed by atoms with Crippen LogP contribution in [0.2, 0.25) is 0 Å². The second-order valence-electron chi connectivity index (χ2n) is 9.19. The largest absolute Gasteiger partial charge is 0.381 e. The highest BCUT2D eigenvalue weighted by atomic mass is 16.5. The van der Waals surface area contributed by atoms with E-state index in [1.807, 2.05) is 6.20 Å². The van der Waals surface area contributed by atoms with Crippen LogP contribution < -0.4 is 4.90 Å². The van der Waals surface area contributed by atoms with Crippen molar-refractivity contribution in [2.24, 2.45) is 5.92 Å². The van der Waals surface area contributed by atoms with Crippen LogP contribution in [-0.2, 0) is 4.74 Å². The third-order valence-electron chi connectivity index (χ3n) is 7.06. The van der Waals surface area contributed by atoms with Gasteiger partial charge < -0.3 is 14.6 Å². The number of pyridine rings is 1. The summed E-state index contributed by atoms with van der Waals surface area (Å²) in [5, 5.41) is 1.23. The van der Waals surface area contributed by atoms with Gasteiger partial charge in [-0.15, -0.1) is 0 Å². The minimum Gasteiger partial charge on any atom is -0.381 e. The number of nitrogens with one attached hydrogen (secondary N) is 1. The van der Waals surface area contributed by atoms with Gasteiger partial charge in [-0.05, 0) is 48.4 Å². The van der Waals surface area contributed by atoms with E-state index in [1.54, 1.807) is 0 Å². The minimum absolute atomic E-state index is 0.550. The van der Waals surface area contributed by atoms with E-state index in [-0.39, 0.29) is 0 Å². The van der Waals surface area contributed by atoms with E-state index in [0.29, 0.717) is 5.92 Å². The molecule has 4 heterocycles. The number of aromatic amines is 1. The molecule has 3 fully saturated rings. The van der Waals surface area contributed by atoms with E-state index in [1.165, 1.54) is 54.7 Å². The van der Waals surface area contributed by atoms with Crippen LogP contribution in [0.4, 0.5) is 5.69 Å². The van der Waals surface area contributed by atoms with Crippen LogP contribution >= 0.6 is 0 Å². The zero-order valence-corrected chi connectivity index (χ0v) is 17.5. The molecule has 5 nitrogen and oxygen atoms in total. The molecule has 2 saturated heterocycles. The lowest BCUT2D eigenvalue weighted by Crippen LogP contribution is -2.47. The summed E-state index contributed by atoms with van der Waals surface area (Å²) in [6.07, 6.45) is 5.95. The molecule has 0 spiro atoms. The maximum absolute atomic E-state index is 5.54.